The van der Waals surface area contributed by atoms with Gasteiger partial charge in [-0.25, -0.2) is 18.4 Å². The number of sulfonamides is 1. The highest BCUT2D eigenvalue weighted by Crippen LogP contribution is 2.42. The zero-order valence-corrected chi connectivity index (χ0v) is 23.9. The second-order valence-corrected chi connectivity index (χ2v) is 12.5. The summed E-state index contributed by atoms with van der Waals surface area (Å²) >= 11 is 1.49. The third-order valence-corrected chi connectivity index (χ3v) is 9.16. The Kier molecular flexibility index (Phi) is 7.01. The summed E-state index contributed by atoms with van der Waals surface area (Å²) in [6.45, 7) is 11.2. The van der Waals surface area contributed by atoms with Crippen molar-refractivity contribution < 1.29 is 13.2 Å². The van der Waals surface area contributed by atoms with Gasteiger partial charge in [-0.2, -0.15) is 9.29 Å². The molecular weight excluding hydrogens is 524 g/mol. The molecule has 38 heavy (non-hydrogen) atoms. The number of thiazole rings is 1. The summed E-state index contributed by atoms with van der Waals surface area (Å²) in [6, 6.07) is 6.11. The molecule has 0 saturated carbocycles. The van der Waals surface area contributed by atoms with Gasteiger partial charge >= 0.3 is 0 Å². The van der Waals surface area contributed by atoms with Crippen LogP contribution in [0.5, 0.6) is 0 Å². The molecule has 1 fully saturated rings. The van der Waals surface area contributed by atoms with E-state index in [0.717, 1.165) is 26.9 Å². The van der Waals surface area contributed by atoms with Crippen LogP contribution in [-0.2, 0) is 10.0 Å². The van der Waals surface area contributed by atoms with Gasteiger partial charge in [0.1, 0.15) is 10.7 Å². The summed E-state index contributed by atoms with van der Waals surface area (Å²) in [5, 5.41) is 4.98. The first kappa shape index (κ1) is 26.3. The van der Waals surface area contributed by atoms with E-state index in [0.29, 0.717) is 62.4 Å². The van der Waals surface area contributed by atoms with Gasteiger partial charge in [-0.15, -0.1) is 11.3 Å². The number of piperazine rings is 1. The predicted octanol–water partition coefficient (Wildman–Crippen LogP) is 3.51. The van der Waals surface area contributed by atoms with Crippen molar-refractivity contribution in [1.29, 1.82) is 0 Å². The Morgan fingerprint density at radius 1 is 1.03 bits per heavy atom. The highest BCUT2D eigenvalue weighted by Gasteiger charge is 2.34. The molecule has 1 saturated heterocycles. The molecule has 2 aliphatic rings. The van der Waals surface area contributed by atoms with E-state index in [2.05, 4.69) is 26.3 Å². The summed E-state index contributed by atoms with van der Waals surface area (Å²) < 4.78 is 25.2. The normalized spacial score (nSPS) is 16.3. The van der Waals surface area contributed by atoms with Crippen molar-refractivity contribution in [3.8, 4) is 0 Å². The van der Waals surface area contributed by atoms with E-state index >= 15 is 0 Å². The number of aryl methyl sites for hydroxylation is 2. The maximum atomic E-state index is 13.3. The van der Waals surface area contributed by atoms with Crippen molar-refractivity contribution in [2.45, 2.75) is 27.7 Å². The van der Waals surface area contributed by atoms with Crippen molar-refractivity contribution in [2.24, 2.45) is 0 Å². The molecule has 1 N–H and O–H groups in total. The third-order valence-electron chi connectivity index (χ3n) is 6.87. The SMILES string of the molecule is CCN1C(=O)c2nc(C)sc2N(CC)c2nc(Nc3ccc(N4CCN(S(C)(=O)=O)CC4)cc3C)ncc21. The van der Waals surface area contributed by atoms with E-state index in [9.17, 15) is 13.2 Å². The molecule has 0 spiro atoms. The number of anilines is 6. The topological polar surface area (TPSA) is 115 Å². The lowest BCUT2D eigenvalue weighted by molar-refractivity contribution is 0.0985. The number of hydrogen-bond acceptors (Lipinski definition) is 10. The second kappa shape index (κ2) is 10.1. The zero-order valence-electron chi connectivity index (χ0n) is 22.2. The van der Waals surface area contributed by atoms with Crippen LogP contribution in [0.25, 0.3) is 0 Å². The number of hydrogen-bond donors (Lipinski definition) is 1. The van der Waals surface area contributed by atoms with E-state index in [4.69, 9.17) is 4.98 Å². The van der Waals surface area contributed by atoms with E-state index in [1.165, 1.54) is 21.9 Å². The quantitative estimate of drug-likeness (QED) is 0.487. The van der Waals surface area contributed by atoms with Gasteiger partial charge in [0, 0.05) is 50.6 Å². The van der Waals surface area contributed by atoms with Gasteiger partial charge in [0.15, 0.2) is 11.5 Å². The molecule has 0 atom stereocenters. The molecule has 2 aliphatic heterocycles. The van der Waals surface area contributed by atoms with Crippen molar-refractivity contribution >= 4 is 61.1 Å². The number of amides is 1. The Bertz CT molecular complexity index is 1480. The van der Waals surface area contributed by atoms with E-state index in [1.54, 1.807) is 11.1 Å². The Balaban J connectivity index is 1.41. The summed E-state index contributed by atoms with van der Waals surface area (Å²) in [7, 11) is -3.16. The Hall–Kier alpha value is -3.29. The van der Waals surface area contributed by atoms with Gasteiger partial charge in [-0.3, -0.25) is 4.79 Å². The van der Waals surface area contributed by atoms with Crippen LogP contribution >= 0.6 is 11.3 Å². The van der Waals surface area contributed by atoms with Gasteiger partial charge in [-0.1, -0.05) is 0 Å². The van der Waals surface area contributed by atoms with Crippen LogP contribution in [0.15, 0.2) is 24.4 Å². The predicted molar refractivity (Wildman–Crippen MR) is 152 cm³/mol. The number of aromatic nitrogens is 3. The van der Waals surface area contributed by atoms with Crippen LogP contribution in [0.3, 0.4) is 0 Å². The van der Waals surface area contributed by atoms with Gasteiger partial charge in [0.05, 0.1) is 17.5 Å². The van der Waals surface area contributed by atoms with E-state index in [1.807, 2.05) is 44.7 Å². The second-order valence-electron chi connectivity index (χ2n) is 9.36. The number of benzene rings is 1. The zero-order chi connectivity index (χ0) is 27.2. The van der Waals surface area contributed by atoms with Crippen LogP contribution < -0.4 is 20.0 Å². The van der Waals surface area contributed by atoms with E-state index < -0.39 is 10.0 Å². The molecule has 4 heterocycles. The lowest BCUT2D eigenvalue weighted by atomic mass is 10.1. The molecule has 202 valence electrons. The first-order chi connectivity index (χ1) is 18.1. The fraction of sp³-hybridized carbons (Fsp3) is 0.440. The molecule has 3 aromatic rings. The Labute approximate surface area is 227 Å². The fourth-order valence-corrected chi connectivity index (χ4v) is 6.68. The van der Waals surface area contributed by atoms with Crippen molar-refractivity contribution in [3.63, 3.8) is 0 Å². The summed E-state index contributed by atoms with van der Waals surface area (Å²) in [4.78, 5) is 33.1. The van der Waals surface area contributed by atoms with Crippen molar-refractivity contribution in [3.05, 3.63) is 40.7 Å². The Morgan fingerprint density at radius 2 is 1.74 bits per heavy atom. The first-order valence-corrected chi connectivity index (χ1v) is 15.3. The van der Waals surface area contributed by atoms with Crippen LogP contribution in [0.2, 0.25) is 0 Å². The minimum atomic E-state index is -3.16. The lowest BCUT2D eigenvalue weighted by Gasteiger charge is -2.35. The summed E-state index contributed by atoms with van der Waals surface area (Å²) in [5.74, 6) is 0.964. The molecule has 0 radical (unpaired) electrons. The lowest BCUT2D eigenvalue weighted by Crippen LogP contribution is -2.48. The number of carbonyl (C=O) groups excluding carboxylic acids is 1. The summed E-state index contributed by atoms with van der Waals surface area (Å²) in [6.07, 6.45) is 2.95. The molecule has 0 aliphatic carbocycles. The van der Waals surface area contributed by atoms with E-state index in [-0.39, 0.29) is 5.91 Å². The molecule has 1 aromatic carbocycles. The highest BCUT2D eigenvalue weighted by molar-refractivity contribution is 7.88. The average molecular weight is 557 g/mol. The molecule has 1 amide bonds. The first-order valence-electron chi connectivity index (χ1n) is 12.6. The maximum Gasteiger partial charge on any atom is 0.280 e. The highest BCUT2D eigenvalue weighted by atomic mass is 32.2. The standard InChI is InChI=1S/C25H32N8O3S2/c1-6-32-20-15-26-25(29-22(20)33(7-2)24-21(23(32)34)27-17(4)37-24)28-19-9-8-18(14-16(19)3)30-10-12-31(13-11-30)38(5,35)36/h8-9,14-15H,6-7,10-13H2,1-5H3,(H,26,28,29). The number of carbonyl (C=O) groups is 1. The molecule has 11 nitrogen and oxygen atoms in total. The van der Waals surface area contributed by atoms with Crippen molar-refractivity contribution in [1.82, 2.24) is 19.3 Å². The largest absolute Gasteiger partial charge is 0.369 e. The van der Waals surface area contributed by atoms with Crippen LogP contribution in [0, 0.1) is 13.8 Å². The fourth-order valence-electron chi connectivity index (χ4n) is 4.88. The number of nitrogens with one attached hydrogen (secondary N) is 1. The molecule has 5 rings (SSSR count). The van der Waals surface area contributed by atoms with Gasteiger partial charge in [-0.05, 0) is 51.5 Å². The maximum absolute atomic E-state index is 13.3. The molecule has 2 aromatic heterocycles. The molecule has 13 heteroatoms. The smallest absolute Gasteiger partial charge is 0.280 e. The van der Waals surface area contributed by atoms with Gasteiger partial charge < -0.3 is 20.0 Å². The number of nitrogens with zero attached hydrogens (tertiary/aromatic N) is 7. The number of fused-ring (bicyclic) bond motifs is 2. The Morgan fingerprint density at radius 3 is 2.37 bits per heavy atom. The van der Waals surface area contributed by atoms with Gasteiger partial charge in [0.25, 0.3) is 5.91 Å². The van der Waals surface area contributed by atoms with Crippen LogP contribution in [-0.4, -0.2) is 79.1 Å². The molecule has 0 unspecified atom stereocenters. The third kappa shape index (κ3) is 4.81. The molecule has 0 bridgehead atoms. The van der Waals surface area contributed by atoms with Crippen LogP contribution in [0.4, 0.5) is 33.8 Å². The minimum Gasteiger partial charge on any atom is -0.369 e. The van der Waals surface area contributed by atoms with Crippen molar-refractivity contribution in [2.75, 3.05) is 65.5 Å². The average Bonchev–Trinajstić information content (AvgIpc) is 3.24. The molecular formula is C25H32N8O3S2. The van der Waals surface area contributed by atoms with Crippen LogP contribution in [0.1, 0.15) is 34.9 Å². The minimum absolute atomic E-state index is 0.142. The van der Waals surface area contributed by atoms with Gasteiger partial charge in [0.2, 0.25) is 16.0 Å². The monoisotopic (exact) mass is 556 g/mol. The summed E-state index contributed by atoms with van der Waals surface area (Å²) in [5.41, 5.74) is 4.05. The number of rotatable bonds is 6.